The van der Waals surface area contributed by atoms with Crippen molar-refractivity contribution in [3.8, 4) is 11.1 Å². The Balaban J connectivity index is 1.44. The molecule has 3 aromatic rings. The smallest absolute Gasteiger partial charge is 0.433 e. The molecule has 0 bridgehead atoms. The average molecular weight is 512 g/mol. The van der Waals surface area contributed by atoms with Crippen molar-refractivity contribution in [2.75, 3.05) is 30.0 Å². The van der Waals surface area contributed by atoms with Crippen molar-refractivity contribution in [1.82, 2.24) is 4.98 Å². The molecule has 0 saturated carbocycles. The number of anilines is 2. The number of ether oxygens (including phenoxy) is 1. The van der Waals surface area contributed by atoms with Gasteiger partial charge in [-0.1, -0.05) is 18.2 Å². The van der Waals surface area contributed by atoms with E-state index in [0.29, 0.717) is 31.9 Å². The number of hydrogen-bond acceptors (Lipinski definition) is 5. The summed E-state index contributed by atoms with van der Waals surface area (Å²) in [6.07, 6.45) is -3.28. The molecule has 10 heteroatoms. The zero-order valence-corrected chi connectivity index (χ0v) is 19.9. The first-order valence-electron chi connectivity index (χ1n) is 11.8. The lowest BCUT2D eigenvalue weighted by Crippen LogP contribution is -2.54. The van der Waals surface area contributed by atoms with E-state index in [-0.39, 0.29) is 11.6 Å². The summed E-state index contributed by atoms with van der Waals surface area (Å²) in [6, 6.07) is 12.9. The van der Waals surface area contributed by atoms with Gasteiger partial charge in [0.2, 0.25) is 0 Å². The molecule has 0 aliphatic carbocycles. The van der Waals surface area contributed by atoms with Gasteiger partial charge in [0.1, 0.15) is 5.69 Å². The van der Waals surface area contributed by atoms with Crippen molar-refractivity contribution < 1.29 is 32.6 Å². The molecule has 0 spiro atoms. The van der Waals surface area contributed by atoms with Gasteiger partial charge >= 0.3 is 12.1 Å². The van der Waals surface area contributed by atoms with E-state index in [4.69, 9.17) is 4.74 Å². The molecular weight excluding hydrogens is 487 g/mol. The molecule has 2 N–H and O–H groups in total. The topological polar surface area (TPSA) is 91.8 Å². The summed E-state index contributed by atoms with van der Waals surface area (Å²) < 4.78 is 44.6. The van der Waals surface area contributed by atoms with Gasteiger partial charge < -0.3 is 20.1 Å². The Kier molecular flexibility index (Phi) is 6.36. The molecule has 0 unspecified atom stereocenters. The van der Waals surface area contributed by atoms with Gasteiger partial charge in [-0.25, -0.2) is 0 Å². The summed E-state index contributed by atoms with van der Waals surface area (Å²) in [5.74, 6) is -2.07. The predicted octanol–water partition coefficient (Wildman–Crippen LogP) is 4.79. The molecular formula is C27H24F3N3O4. The van der Waals surface area contributed by atoms with Crippen LogP contribution in [0.3, 0.4) is 0 Å². The van der Waals surface area contributed by atoms with E-state index < -0.39 is 29.7 Å². The summed E-state index contributed by atoms with van der Waals surface area (Å²) in [6.45, 7) is 3.38. The molecule has 1 amide bonds. The van der Waals surface area contributed by atoms with E-state index in [1.54, 1.807) is 12.1 Å². The monoisotopic (exact) mass is 511 g/mol. The standard InChI is InChI=1S/C27H24F3N3O4/c1-15-2-5-19(32-25(34)18-6-7-31-24(12-18)27(28,29)30)13-20(15)16-3-4-17-10-21(26(35)36)23-14-37-9-8-33(23)22(17)11-16/h2-7,11-13,21,23H,8-10,14H2,1H3,(H,32,34)(H,35,36)/t21-,23+/m0/s1. The number of pyridine rings is 1. The fourth-order valence-corrected chi connectivity index (χ4v) is 4.99. The van der Waals surface area contributed by atoms with Crippen molar-refractivity contribution in [2.45, 2.75) is 25.6 Å². The number of aliphatic carboxylic acids is 1. The van der Waals surface area contributed by atoms with E-state index in [1.165, 1.54) is 6.07 Å². The van der Waals surface area contributed by atoms with Gasteiger partial charge in [-0.3, -0.25) is 14.6 Å². The maximum absolute atomic E-state index is 13.0. The second-order valence-electron chi connectivity index (χ2n) is 9.24. The molecule has 7 nitrogen and oxygen atoms in total. The Morgan fingerprint density at radius 3 is 2.70 bits per heavy atom. The molecule has 2 aliphatic heterocycles. The number of nitrogens with one attached hydrogen (secondary N) is 1. The van der Waals surface area contributed by atoms with Gasteiger partial charge in [-0.2, -0.15) is 13.2 Å². The number of carbonyl (C=O) groups excluding carboxylic acids is 1. The Morgan fingerprint density at radius 1 is 1.14 bits per heavy atom. The van der Waals surface area contributed by atoms with Crippen LogP contribution in [-0.4, -0.2) is 47.8 Å². The van der Waals surface area contributed by atoms with Crippen LogP contribution < -0.4 is 10.2 Å². The number of carboxylic acid groups (broad SMARTS) is 1. The Bertz CT molecular complexity index is 1380. The third-order valence-corrected chi connectivity index (χ3v) is 6.90. The Hall–Kier alpha value is -3.92. The lowest BCUT2D eigenvalue weighted by Gasteiger charge is -2.45. The van der Waals surface area contributed by atoms with Crippen LogP contribution in [0.15, 0.2) is 54.7 Å². The zero-order chi connectivity index (χ0) is 26.3. The largest absolute Gasteiger partial charge is 0.481 e. The number of fused-ring (bicyclic) bond motifs is 3. The predicted molar refractivity (Wildman–Crippen MR) is 131 cm³/mol. The third kappa shape index (κ3) is 4.89. The molecule has 192 valence electrons. The number of halogens is 3. The van der Waals surface area contributed by atoms with Gasteiger partial charge in [0, 0.05) is 29.7 Å². The van der Waals surface area contributed by atoms with Gasteiger partial charge in [-0.05, 0) is 65.9 Å². The lowest BCUT2D eigenvalue weighted by atomic mass is 9.84. The van der Waals surface area contributed by atoms with E-state index in [0.717, 1.165) is 40.2 Å². The fourth-order valence-electron chi connectivity index (χ4n) is 4.99. The van der Waals surface area contributed by atoms with Gasteiger partial charge in [-0.15, -0.1) is 0 Å². The summed E-state index contributed by atoms with van der Waals surface area (Å²) in [7, 11) is 0. The fraction of sp³-hybridized carbons (Fsp3) is 0.296. The number of amides is 1. The van der Waals surface area contributed by atoms with Crippen molar-refractivity contribution in [3.63, 3.8) is 0 Å². The lowest BCUT2D eigenvalue weighted by molar-refractivity contribution is -0.144. The van der Waals surface area contributed by atoms with Crippen molar-refractivity contribution in [1.29, 1.82) is 0 Å². The molecule has 1 aromatic heterocycles. The van der Waals surface area contributed by atoms with E-state index >= 15 is 0 Å². The van der Waals surface area contributed by atoms with Crippen molar-refractivity contribution in [2.24, 2.45) is 5.92 Å². The minimum Gasteiger partial charge on any atom is -0.481 e. The second-order valence-corrected chi connectivity index (χ2v) is 9.24. The van der Waals surface area contributed by atoms with Crippen LogP contribution in [0, 0.1) is 12.8 Å². The van der Waals surface area contributed by atoms with Crippen LogP contribution in [-0.2, 0) is 22.1 Å². The number of morpholine rings is 1. The number of benzene rings is 2. The molecule has 1 saturated heterocycles. The van der Waals surface area contributed by atoms with Gasteiger partial charge in [0.15, 0.2) is 0 Å². The highest BCUT2D eigenvalue weighted by Crippen LogP contribution is 2.39. The van der Waals surface area contributed by atoms with Crippen LogP contribution in [0.5, 0.6) is 0 Å². The van der Waals surface area contributed by atoms with Crippen molar-refractivity contribution in [3.05, 3.63) is 77.1 Å². The maximum Gasteiger partial charge on any atom is 0.433 e. The molecule has 37 heavy (non-hydrogen) atoms. The van der Waals surface area contributed by atoms with Crippen LogP contribution in [0.1, 0.15) is 27.2 Å². The number of aryl methyl sites for hydroxylation is 1. The highest BCUT2D eigenvalue weighted by atomic mass is 19.4. The van der Waals surface area contributed by atoms with Crippen molar-refractivity contribution >= 4 is 23.3 Å². The maximum atomic E-state index is 13.0. The zero-order valence-electron chi connectivity index (χ0n) is 19.9. The third-order valence-electron chi connectivity index (χ3n) is 6.90. The number of hydrogen-bond donors (Lipinski definition) is 2. The number of nitrogens with zero attached hydrogens (tertiary/aromatic N) is 2. The summed E-state index contributed by atoms with van der Waals surface area (Å²) in [5.41, 5.74) is 3.74. The highest BCUT2D eigenvalue weighted by Gasteiger charge is 2.40. The van der Waals surface area contributed by atoms with Crippen LogP contribution in [0.25, 0.3) is 11.1 Å². The molecule has 2 atom stereocenters. The normalized spacial score (nSPS) is 19.1. The molecule has 2 aliphatic rings. The Labute approximate surface area is 210 Å². The molecule has 3 heterocycles. The van der Waals surface area contributed by atoms with E-state index in [1.807, 2.05) is 31.2 Å². The first kappa shape index (κ1) is 24.8. The Morgan fingerprint density at radius 2 is 1.95 bits per heavy atom. The van der Waals surface area contributed by atoms with Gasteiger partial charge in [0.25, 0.3) is 5.91 Å². The molecule has 0 radical (unpaired) electrons. The quantitative estimate of drug-likeness (QED) is 0.524. The SMILES string of the molecule is Cc1ccc(NC(=O)c2ccnc(C(F)(F)F)c2)cc1-c1ccc2c(c1)N1CCOC[C@@H]1[C@@H](C(=O)O)C2. The highest BCUT2D eigenvalue weighted by molar-refractivity contribution is 6.04. The molecule has 2 aromatic carbocycles. The number of aromatic nitrogens is 1. The minimum absolute atomic E-state index is 0.149. The van der Waals surface area contributed by atoms with Gasteiger partial charge in [0.05, 0.1) is 25.2 Å². The molecule has 5 rings (SSSR count). The number of alkyl halides is 3. The van der Waals surface area contributed by atoms with Crippen LogP contribution in [0.2, 0.25) is 0 Å². The van der Waals surface area contributed by atoms with E-state index in [2.05, 4.69) is 15.2 Å². The first-order valence-corrected chi connectivity index (χ1v) is 11.8. The summed E-state index contributed by atoms with van der Waals surface area (Å²) in [4.78, 5) is 30.0. The minimum atomic E-state index is -4.65. The van der Waals surface area contributed by atoms with Crippen LogP contribution in [0.4, 0.5) is 24.5 Å². The van der Waals surface area contributed by atoms with E-state index in [9.17, 15) is 27.9 Å². The number of carbonyl (C=O) groups is 2. The number of rotatable bonds is 4. The summed E-state index contributed by atoms with van der Waals surface area (Å²) >= 11 is 0. The summed E-state index contributed by atoms with van der Waals surface area (Å²) in [5, 5.41) is 12.4. The second kappa shape index (κ2) is 9.51. The van der Waals surface area contributed by atoms with Crippen LogP contribution >= 0.6 is 0 Å². The molecule has 1 fully saturated rings. The first-order chi connectivity index (χ1) is 17.6. The number of carboxylic acids is 1. The average Bonchev–Trinajstić information content (AvgIpc) is 2.88.